The topological polar surface area (TPSA) is 82.3 Å². The highest BCUT2D eigenvalue weighted by atomic mass is 15.1. The molecule has 0 spiro atoms. The van der Waals surface area contributed by atoms with Gasteiger partial charge in [0.25, 0.3) is 0 Å². The molecule has 5 aromatic rings. The molecular formula is C29H28N6. The van der Waals surface area contributed by atoms with Gasteiger partial charge in [0.15, 0.2) is 0 Å². The third kappa shape index (κ3) is 4.38. The summed E-state index contributed by atoms with van der Waals surface area (Å²) in [4.78, 5) is 12.3. The molecular weight excluding hydrogens is 432 g/mol. The Morgan fingerprint density at radius 3 is 2.71 bits per heavy atom. The van der Waals surface area contributed by atoms with Crippen LogP contribution in [-0.4, -0.2) is 31.2 Å². The summed E-state index contributed by atoms with van der Waals surface area (Å²) in [6.45, 7) is 10.2. The number of H-pyrrole nitrogens is 2. The second-order valence-electron chi connectivity index (χ2n) is 8.72. The number of nitrogens with one attached hydrogen (secondary N) is 3. The molecule has 6 nitrogen and oxygen atoms in total. The van der Waals surface area contributed by atoms with E-state index in [1.54, 1.807) is 6.20 Å². The summed E-state index contributed by atoms with van der Waals surface area (Å²) in [5, 5.41) is 13.3. The standard InChI is InChI=1S/C29H28N6/c1-5-19(14-22(6-2)32-18(3)4)20-9-10-26-25(15-20)28(35-34-26)27-16-24-23(11-13-31-29(24)33-27)21-8-7-12-30-17-21/h5-18,32H,2H2,1,3-4H3,(H,31,33)(H,34,35)/b19-5+,22-14+. The fourth-order valence-electron chi connectivity index (χ4n) is 4.32. The predicted molar refractivity (Wildman–Crippen MR) is 145 cm³/mol. The van der Waals surface area contributed by atoms with E-state index in [1.807, 2.05) is 37.5 Å². The lowest BCUT2D eigenvalue weighted by Gasteiger charge is -2.12. The summed E-state index contributed by atoms with van der Waals surface area (Å²) in [5.41, 5.74) is 8.92. The highest BCUT2D eigenvalue weighted by Crippen LogP contribution is 2.34. The van der Waals surface area contributed by atoms with Gasteiger partial charge in [-0.15, -0.1) is 0 Å². The van der Waals surface area contributed by atoms with Gasteiger partial charge in [-0.3, -0.25) is 10.1 Å². The van der Waals surface area contributed by atoms with Crippen LogP contribution in [0.3, 0.4) is 0 Å². The number of benzene rings is 1. The van der Waals surface area contributed by atoms with Crippen LogP contribution in [0.25, 0.3) is 50.0 Å². The molecule has 0 radical (unpaired) electrons. The molecule has 0 fully saturated rings. The van der Waals surface area contributed by atoms with Gasteiger partial charge in [0.2, 0.25) is 0 Å². The van der Waals surface area contributed by atoms with E-state index in [1.165, 1.54) is 0 Å². The minimum atomic E-state index is 0.326. The van der Waals surface area contributed by atoms with Crippen molar-refractivity contribution >= 4 is 27.5 Å². The maximum absolute atomic E-state index is 4.65. The molecule has 35 heavy (non-hydrogen) atoms. The van der Waals surface area contributed by atoms with Gasteiger partial charge < -0.3 is 10.3 Å². The fourth-order valence-corrected chi connectivity index (χ4v) is 4.32. The van der Waals surface area contributed by atoms with Crippen LogP contribution in [0.5, 0.6) is 0 Å². The van der Waals surface area contributed by atoms with E-state index in [0.29, 0.717) is 6.04 Å². The van der Waals surface area contributed by atoms with Crippen molar-refractivity contribution in [2.75, 3.05) is 0 Å². The Morgan fingerprint density at radius 1 is 1.09 bits per heavy atom. The van der Waals surface area contributed by atoms with E-state index >= 15 is 0 Å². The van der Waals surface area contributed by atoms with Gasteiger partial charge >= 0.3 is 0 Å². The summed E-state index contributed by atoms with van der Waals surface area (Å²) in [5.74, 6) is 0. The van der Waals surface area contributed by atoms with Crippen LogP contribution in [0.4, 0.5) is 0 Å². The van der Waals surface area contributed by atoms with E-state index in [-0.39, 0.29) is 0 Å². The summed E-state index contributed by atoms with van der Waals surface area (Å²) in [6, 6.07) is 14.8. The van der Waals surface area contributed by atoms with Crippen molar-refractivity contribution in [1.82, 2.24) is 30.5 Å². The van der Waals surface area contributed by atoms with Gasteiger partial charge in [0, 0.05) is 46.7 Å². The largest absolute Gasteiger partial charge is 0.383 e. The molecule has 4 aromatic heterocycles. The molecule has 0 unspecified atom stereocenters. The lowest BCUT2D eigenvalue weighted by molar-refractivity contribution is 0.682. The number of nitrogens with zero attached hydrogens (tertiary/aromatic N) is 3. The third-order valence-electron chi connectivity index (χ3n) is 5.95. The zero-order valence-electron chi connectivity index (χ0n) is 20.1. The molecule has 5 rings (SSSR count). The second-order valence-corrected chi connectivity index (χ2v) is 8.72. The van der Waals surface area contributed by atoms with E-state index in [2.05, 4.69) is 93.4 Å². The average Bonchev–Trinajstić information content (AvgIpc) is 3.50. The van der Waals surface area contributed by atoms with E-state index in [4.69, 9.17) is 0 Å². The molecule has 1 aromatic carbocycles. The Labute approximate surface area is 204 Å². The van der Waals surface area contributed by atoms with Gasteiger partial charge in [-0.2, -0.15) is 5.10 Å². The Morgan fingerprint density at radius 2 is 1.97 bits per heavy atom. The summed E-state index contributed by atoms with van der Waals surface area (Å²) < 4.78 is 0. The molecule has 3 N–H and O–H groups in total. The minimum absolute atomic E-state index is 0.326. The normalized spacial score (nSPS) is 12.6. The quantitative estimate of drug-likeness (QED) is 0.238. The first-order chi connectivity index (χ1) is 17.1. The molecule has 0 atom stereocenters. The Balaban J connectivity index is 1.59. The Kier molecular flexibility index (Phi) is 6.02. The second kappa shape index (κ2) is 9.43. The van der Waals surface area contributed by atoms with Gasteiger partial charge in [0.05, 0.1) is 11.2 Å². The number of aromatic nitrogens is 5. The lowest BCUT2D eigenvalue weighted by atomic mass is 10.0. The molecule has 6 heteroatoms. The number of hydrogen-bond acceptors (Lipinski definition) is 4. The molecule has 4 heterocycles. The van der Waals surface area contributed by atoms with Crippen molar-refractivity contribution in [3.8, 4) is 22.5 Å². The zero-order chi connectivity index (χ0) is 24.4. The molecule has 0 aliphatic heterocycles. The van der Waals surface area contributed by atoms with Gasteiger partial charge in [0.1, 0.15) is 11.3 Å². The van der Waals surface area contributed by atoms with Crippen molar-refractivity contribution in [2.24, 2.45) is 0 Å². The first kappa shape index (κ1) is 22.3. The summed E-state index contributed by atoms with van der Waals surface area (Å²) in [7, 11) is 0. The van der Waals surface area contributed by atoms with E-state index in [9.17, 15) is 0 Å². The van der Waals surface area contributed by atoms with E-state index in [0.717, 1.165) is 61.3 Å². The van der Waals surface area contributed by atoms with Crippen molar-refractivity contribution < 1.29 is 0 Å². The Hall–Kier alpha value is -4.45. The molecule has 0 saturated heterocycles. The first-order valence-electron chi connectivity index (χ1n) is 11.7. The number of aromatic amines is 2. The highest BCUT2D eigenvalue weighted by Gasteiger charge is 2.15. The fraction of sp³-hybridized carbons (Fsp3) is 0.138. The number of allylic oxidation sites excluding steroid dienone is 4. The predicted octanol–water partition coefficient (Wildman–Crippen LogP) is 6.64. The number of pyridine rings is 2. The summed E-state index contributed by atoms with van der Waals surface area (Å²) >= 11 is 0. The Bertz CT molecular complexity index is 1570. The SMILES string of the molecule is C=C/C(=C\C(=C/C)c1ccc2[nH]nc(-c3cc4c(-c5cccnc5)ccnc4[nH]3)c2c1)NC(C)C. The van der Waals surface area contributed by atoms with E-state index < -0.39 is 0 Å². The number of fused-ring (bicyclic) bond motifs is 2. The lowest BCUT2D eigenvalue weighted by Crippen LogP contribution is -2.20. The molecule has 0 aliphatic carbocycles. The zero-order valence-corrected chi connectivity index (χ0v) is 20.1. The van der Waals surface area contributed by atoms with Crippen LogP contribution < -0.4 is 5.32 Å². The summed E-state index contributed by atoms with van der Waals surface area (Å²) in [6.07, 6.45) is 11.6. The molecule has 0 aliphatic rings. The minimum Gasteiger partial charge on any atom is -0.383 e. The molecule has 174 valence electrons. The third-order valence-corrected chi connectivity index (χ3v) is 5.95. The molecule has 0 saturated carbocycles. The molecule has 0 bridgehead atoms. The maximum Gasteiger partial charge on any atom is 0.138 e. The van der Waals surface area contributed by atoms with Crippen LogP contribution in [0.15, 0.2) is 91.6 Å². The first-order valence-corrected chi connectivity index (χ1v) is 11.7. The van der Waals surface area contributed by atoms with Crippen molar-refractivity contribution in [1.29, 1.82) is 0 Å². The highest BCUT2D eigenvalue weighted by molar-refractivity contribution is 6.00. The van der Waals surface area contributed by atoms with Gasteiger partial charge in [-0.1, -0.05) is 24.8 Å². The number of rotatable bonds is 7. The van der Waals surface area contributed by atoms with Crippen LogP contribution in [0.1, 0.15) is 26.3 Å². The van der Waals surface area contributed by atoms with Crippen molar-refractivity contribution in [2.45, 2.75) is 26.8 Å². The van der Waals surface area contributed by atoms with Crippen molar-refractivity contribution in [3.05, 3.63) is 97.1 Å². The number of hydrogen-bond donors (Lipinski definition) is 3. The maximum atomic E-state index is 4.65. The smallest absolute Gasteiger partial charge is 0.138 e. The van der Waals surface area contributed by atoms with Crippen LogP contribution in [0, 0.1) is 0 Å². The van der Waals surface area contributed by atoms with Crippen LogP contribution >= 0.6 is 0 Å². The van der Waals surface area contributed by atoms with Gasteiger partial charge in [-0.25, -0.2) is 4.98 Å². The van der Waals surface area contributed by atoms with Crippen molar-refractivity contribution in [3.63, 3.8) is 0 Å². The van der Waals surface area contributed by atoms with Gasteiger partial charge in [-0.05, 0) is 80.0 Å². The van der Waals surface area contributed by atoms with Crippen LogP contribution in [-0.2, 0) is 0 Å². The monoisotopic (exact) mass is 460 g/mol. The van der Waals surface area contributed by atoms with Crippen LogP contribution in [0.2, 0.25) is 0 Å². The average molecular weight is 461 g/mol. The molecule has 0 amide bonds.